The van der Waals surface area contributed by atoms with Gasteiger partial charge in [0.2, 0.25) is 5.03 Å². The minimum atomic E-state index is -3.76. The SMILES string of the molecule is Cn1nnc(Br)c1S(=O)(=O)Nc1ccc2ccccc2c1. The van der Waals surface area contributed by atoms with Crippen molar-refractivity contribution < 1.29 is 8.42 Å². The monoisotopic (exact) mass is 366 g/mol. The molecule has 0 spiro atoms. The number of sulfonamides is 1. The molecule has 108 valence electrons. The molecule has 3 rings (SSSR count). The molecule has 0 aliphatic rings. The zero-order chi connectivity index (χ0) is 15.0. The number of fused-ring (bicyclic) bond motifs is 1. The average Bonchev–Trinajstić information content (AvgIpc) is 2.78. The second-order valence-corrected chi connectivity index (χ2v) is 6.83. The number of aromatic nitrogens is 3. The van der Waals surface area contributed by atoms with Crippen molar-refractivity contribution in [3.8, 4) is 0 Å². The number of halogens is 1. The average molecular weight is 367 g/mol. The fourth-order valence-electron chi connectivity index (χ4n) is 2.06. The van der Waals surface area contributed by atoms with E-state index in [1.807, 2.05) is 30.3 Å². The Morgan fingerprint density at radius 1 is 1.14 bits per heavy atom. The molecule has 21 heavy (non-hydrogen) atoms. The predicted octanol–water partition coefficient (Wildman–Crippen LogP) is 2.53. The Morgan fingerprint density at radius 3 is 2.52 bits per heavy atom. The Morgan fingerprint density at radius 2 is 1.86 bits per heavy atom. The second-order valence-electron chi connectivity index (χ2n) is 4.48. The minimum Gasteiger partial charge on any atom is -0.278 e. The number of nitrogens with one attached hydrogen (secondary N) is 1. The van der Waals surface area contributed by atoms with Crippen molar-refractivity contribution in [3.05, 3.63) is 47.1 Å². The molecule has 8 heteroatoms. The van der Waals surface area contributed by atoms with Gasteiger partial charge in [-0.2, -0.15) is 8.42 Å². The summed E-state index contributed by atoms with van der Waals surface area (Å²) in [6, 6.07) is 13.1. The molecule has 0 saturated carbocycles. The van der Waals surface area contributed by atoms with Crippen molar-refractivity contribution in [3.63, 3.8) is 0 Å². The van der Waals surface area contributed by atoms with E-state index in [1.165, 1.54) is 11.7 Å². The van der Waals surface area contributed by atoms with Crippen molar-refractivity contribution in [2.24, 2.45) is 7.05 Å². The molecule has 0 unspecified atom stereocenters. The lowest BCUT2D eigenvalue weighted by Crippen LogP contribution is -2.17. The molecule has 2 aromatic carbocycles. The van der Waals surface area contributed by atoms with E-state index in [0.717, 1.165) is 10.8 Å². The molecule has 1 heterocycles. The summed E-state index contributed by atoms with van der Waals surface area (Å²) in [4.78, 5) is 0. The van der Waals surface area contributed by atoms with Gasteiger partial charge in [0.05, 0.1) is 0 Å². The summed E-state index contributed by atoms with van der Waals surface area (Å²) in [7, 11) is -2.24. The van der Waals surface area contributed by atoms with Gasteiger partial charge in [0.25, 0.3) is 10.0 Å². The Bertz CT molecular complexity index is 901. The maximum Gasteiger partial charge on any atom is 0.281 e. The quantitative estimate of drug-likeness (QED) is 0.772. The van der Waals surface area contributed by atoms with Gasteiger partial charge in [0, 0.05) is 12.7 Å². The van der Waals surface area contributed by atoms with E-state index in [4.69, 9.17) is 0 Å². The molecule has 6 nitrogen and oxygen atoms in total. The first-order chi connectivity index (χ1) is 9.97. The molecule has 0 fully saturated rings. The molecule has 0 atom stereocenters. The van der Waals surface area contributed by atoms with Crippen molar-refractivity contribution >= 4 is 42.4 Å². The van der Waals surface area contributed by atoms with Crippen LogP contribution in [0, 0.1) is 0 Å². The molecule has 0 radical (unpaired) electrons. The van der Waals surface area contributed by atoms with Gasteiger partial charge in [-0.25, -0.2) is 4.68 Å². The molecule has 0 amide bonds. The van der Waals surface area contributed by atoms with Gasteiger partial charge in [-0.3, -0.25) is 4.72 Å². The highest BCUT2D eigenvalue weighted by Gasteiger charge is 2.23. The predicted molar refractivity (Wildman–Crippen MR) is 83.5 cm³/mol. The number of hydrogen-bond acceptors (Lipinski definition) is 4. The van der Waals surface area contributed by atoms with Crippen LogP contribution >= 0.6 is 15.9 Å². The maximum atomic E-state index is 12.4. The van der Waals surface area contributed by atoms with Crippen molar-refractivity contribution in [2.45, 2.75) is 5.03 Å². The van der Waals surface area contributed by atoms with Gasteiger partial charge in [-0.05, 0) is 38.8 Å². The molecule has 0 aliphatic carbocycles. The number of nitrogens with zero attached hydrogens (tertiary/aromatic N) is 3. The van der Waals surface area contributed by atoms with E-state index in [9.17, 15) is 8.42 Å². The normalized spacial score (nSPS) is 11.7. The number of aryl methyl sites for hydroxylation is 1. The standard InChI is InChI=1S/C13H11BrN4O2S/c1-18-13(12(14)15-17-18)21(19,20)16-11-7-6-9-4-2-3-5-10(9)8-11/h2-8,16H,1H3. The van der Waals surface area contributed by atoms with Crippen LogP contribution < -0.4 is 4.72 Å². The van der Waals surface area contributed by atoms with E-state index in [-0.39, 0.29) is 9.63 Å². The highest BCUT2D eigenvalue weighted by atomic mass is 79.9. The smallest absolute Gasteiger partial charge is 0.278 e. The summed E-state index contributed by atoms with van der Waals surface area (Å²) < 4.78 is 28.7. The van der Waals surface area contributed by atoms with Crippen LogP contribution in [0.1, 0.15) is 0 Å². The molecular weight excluding hydrogens is 356 g/mol. The number of rotatable bonds is 3. The minimum absolute atomic E-state index is 0.0179. The topological polar surface area (TPSA) is 76.9 Å². The van der Waals surface area contributed by atoms with Gasteiger partial charge in [-0.1, -0.05) is 35.5 Å². The van der Waals surface area contributed by atoms with E-state index < -0.39 is 10.0 Å². The Labute approximate surface area is 130 Å². The summed E-state index contributed by atoms with van der Waals surface area (Å²) in [5.74, 6) is 0. The lowest BCUT2D eigenvalue weighted by atomic mass is 10.1. The summed E-state index contributed by atoms with van der Waals surface area (Å²) in [6.07, 6.45) is 0. The first kappa shape index (κ1) is 14.0. The van der Waals surface area contributed by atoms with E-state index >= 15 is 0 Å². The molecule has 0 bridgehead atoms. The van der Waals surface area contributed by atoms with Crippen LogP contribution in [0.4, 0.5) is 5.69 Å². The van der Waals surface area contributed by atoms with Crippen LogP contribution in [0.25, 0.3) is 10.8 Å². The van der Waals surface area contributed by atoms with Gasteiger partial charge in [0.1, 0.15) is 0 Å². The van der Waals surface area contributed by atoms with E-state index in [1.54, 1.807) is 12.1 Å². The van der Waals surface area contributed by atoms with Crippen LogP contribution in [0.3, 0.4) is 0 Å². The van der Waals surface area contributed by atoms with Crippen LogP contribution in [0.2, 0.25) is 0 Å². The lowest BCUT2D eigenvalue weighted by molar-refractivity contribution is 0.578. The fraction of sp³-hybridized carbons (Fsp3) is 0.0769. The molecular formula is C13H11BrN4O2S. The van der Waals surface area contributed by atoms with Gasteiger partial charge in [0.15, 0.2) is 4.60 Å². The molecule has 1 N–H and O–H groups in total. The highest BCUT2D eigenvalue weighted by molar-refractivity contribution is 9.10. The lowest BCUT2D eigenvalue weighted by Gasteiger charge is -2.09. The van der Waals surface area contributed by atoms with Crippen LogP contribution in [-0.2, 0) is 17.1 Å². The molecule has 0 saturated heterocycles. The number of hydrogen-bond donors (Lipinski definition) is 1. The number of anilines is 1. The summed E-state index contributed by atoms with van der Waals surface area (Å²) in [5, 5.41) is 9.34. The first-order valence-corrected chi connectivity index (χ1v) is 8.32. The van der Waals surface area contributed by atoms with Crippen molar-refractivity contribution in [1.29, 1.82) is 0 Å². The van der Waals surface area contributed by atoms with Gasteiger partial charge >= 0.3 is 0 Å². The van der Waals surface area contributed by atoms with Gasteiger partial charge < -0.3 is 0 Å². The maximum absolute atomic E-state index is 12.4. The van der Waals surface area contributed by atoms with Crippen molar-refractivity contribution in [1.82, 2.24) is 15.0 Å². The number of benzene rings is 2. The Balaban J connectivity index is 2.01. The van der Waals surface area contributed by atoms with Gasteiger partial charge in [-0.15, -0.1) is 5.10 Å². The van der Waals surface area contributed by atoms with E-state index in [2.05, 4.69) is 31.0 Å². The van der Waals surface area contributed by atoms with Crippen molar-refractivity contribution in [2.75, 3.05) is 4.72 Å². The van der Waals surface area contributed by atoms with Crippen LogP contribution in [0.15, 0.2) is 52.1 Å². The summed E-state index contributed by atoms with van der Waals surface area (Å²) in [6.45, 7) is 0. The third-order valence-electron chi connectivity index (χ3n) is 2.99. The van der Waals surface area contributed by atoms with E-state index in [0.29, 0.717) is 5.69 Å². The largest absolute Gasteiger partial charge is 0.281 e. The zero-order valence-electron chi connectivity index (χ0n) is 11.0. The van der Waals surface area contributed by atoms with Crippen LogP contribution in [0.5, 0.6) is 0 Å². The summed E-state index contributed by atoms with van der Waals surface area (Å²) in [5.41, 5.74) is 0.488. The Hall–Kier alpha value is -1.93. The fourth-order valence-corrected chi connectivity index (χ4v) is 4.21. The molecule has 1 aromatic heterocycles. The third-order valence-corrected chi connectivity index (χ3v) is 5.26. The Kier molecular flexibility index (Phi) is 3.42. The first-order valence-electron chi connectivity index (χ1n) is 6.04. The second kappa shape index (κ2) is 5.12. The molecule has 0 aliphatic heterocycles. The third kappa shape index (κ3) is 2.64. The molecule has 3 aromatic rings. The summed E-state index contributed by atoms with van der Waals surface area (Å²) >= 11 is 3.09. The zero-order valence-corrected chi connectivity index (χ0v) is 13.4. The highest BCUT2D eigenvalue weighted by Crippen LogP contribution is 2.24. The van der Waals surface area contributed by atoms with Crippen LogP contribution in [-0.4, -0.2) is 23.4 Å².